The number of rotatable bonds is 6. The number of benzene rings is 2. The molecule has 1 N–H and O–H groups in total. The maximum Gasteiger partial charge on any atom is 0.252 e. The molecule has 5 rings (SSSR count). The second kappa shape index (κ2) is 8.59. The summed E-state index contributed by atoms with van der Waals surface area (Å²) in [5.41, 5.74) is 5.25. The Balaban J connectivity index is 1.34. The van der Waals surface area contributed by atoms with Crippen LogP contribution in [-0.4, -0.2) is 32.0 Å². The number of hydrogen-bond donors (Lipinski definition) is 1. The van der Waals surface area contributed by atoms with Crippen LogP contribution in [0.15, 0.2) is 79.1 Å². The van der Waals surface area contributed by atoms with Crippen molar-refractivity contribution in [3.63, 3.8) is 0 Å². The number of imidazole rings is 1. The van der Waals surface area contributed by atoms with E-state index < -0.39 is 0 Å². The van der Waals surface area contributed by atoms with Crippen LogP contribution in [0.25, 0.3) is 33.2 Å². The van der Waals surface area contributed by atoms with Gasteiger partial charge in [0.25, 0.3) is 5.91 Å². The highest BCUT2D eigenvalue weighted by Crippen LogP contribution is 2.24. The van der Waals surface area contributed by atoms with Gasteiger partial charge in [0.2, 0.25) is 0 Å². The van der Waals surface area contributed by atoms with E-state index in [0.29, 0.717) is 12.1 Å². The lowest BCUT2D eigenvalue weighted by Crippen LogP contribution is -2.25. The SMILES string of the molecule is Cc1nc2ccccc2n1CCCNC(=O)c1cc(-c2ccncc2)nc2ccccc12. The first kappa shape index (κ1) is 19.9. The minimum Gasteiger partial charge on any atom is -0.352 e. The van der Waals surface area contributed by atoms with Crippen LogP contribution in [-0.2, 0) is 6.54 Å². The summed E-state index contributed by atoms with van der Waals surface area (Å²) in [6.07, 6.45) is 4.27. The number of para-hydroxylation sites is 3. The van der Waals surface area contributed by atoms with Crippen LogP contribution in [0.5, 0.6) is 0 Å². The number of nitrogens with one attached hydrogen (secondary N) is 1. The second-order valence-electron chi connectivity index (χ2n) is 7.72. The average Bonchev–Trinajstić information content (AvgIpc) is 3.16. The molecule has 2 aromatic carbocycles. The van der Waals surface area contributed by atoms with Crippen LogP contribution in [0.2, 0.25) is 0 Å². The lowest BCUT2D eigenvalue weighted by atomic mass is 10.0. The topological polar surface area (TPSA) is 72.7 Å². The van der Waals surface area contributed by atoms with Crippen LogP contribution in [0, 0.1) is 6.92 Å². The van der Waals surface area contributed by atoms with Crippen LogP contribution in [0.4, 0.5) is 0 Å². The molecule has 0 bridgehead atoms. The quantitative estimate of drug-likeness (QED) is 0.401. The molecule has 6 heteroatoms. The molecule has 3 aromatic heterocycles. The number of pyridine rings is 2. The first-order chi connectivity index (χ1) is 15.7. The molecule has 32 heavy (non-hydrogen) atoms. The van der Waals surface area contributed by atoms with E-state index in [1.807, 2.05) is 67.6 Å². The predicted molar refractivity (Wildman–Crippen MR) is 126 cm³/mol. The lowest BCUT2D eigenvalue weighted by Gasteiger charge is -2.11. The number of carbonyl (C=O) groups is 1. The normalized spacial score (nSPS) is 11.2. The van der Waals surface area contributed by atoms with E-state index in [9.17, 15) is 4.79 Å². The van der Waals surface area contributed by atoms with Crippen molar-refractivity contribution in [1.82, 2.24) is 24.8 Å². The van der Waals surface area contributed by atoms with Gasteiger partial charge in [0.1, 0.15) is 5.82 Å². The summed E-state index contributed by atoms with van der Waals surface area (Å²) in [7, 11) is 0. The summed E-state index contributed by atoms with van der Waals surface area (Å²) < 4.78 is 2.20. The molecule has 1 amide bonds. The molecule has 0 radical (unpaired) electrons. The fourth-order valence-corrected chi connectivity index (χ4v) is 4.05. The van der Waals surface area contributed by atoms with E-state index in [4.69, 9.17) is 4.98 Å². The zero-order valence-corrected chi connectivity index (χ0v) is 17.8. The van der Waals surface area contributed by atoms with Gasteiger partial charge >= 0.3 is 0 Å². The minimum atomic E-state index is -0.0916. The van der Waals surface area contributed by atoms with E-state index in [0.717, 1.165) is 52.0 Å². The molecule has 0 aliphatic carbocycles. The fraction of sp³-hybridized carbons (Fsp3) is 0.154. The smallest absolute Gasteiger partial charge is 0.252 e. The number of hydrogen-bond acceptors (Lipinski definition) is 4. The third-order valence-electron chi connectivity index (χ3n) is 5.63. The Labute approximate surface area is 186 Å². The molecule has 5 aromatic rings. The van der Waals surface area contributed by atoms with E-state index >= 15 is 0 Å². The Bertz CT molecular complexity index is 1410. The molecule has 6 nitrogen and oxygen atoms in total. The number of aromatic nitrogens is 4. The molecule has 3 heterocycles. The zero-order valence-electron chi connectivity index (χ0n) is 17.8. The van der Waals surface area contributed by atoms with Crippen LogP contribution < -0.4 is 5.32 Å². The van der Waals surface area contributed by atoms with Gasteiger partial charge in [-0.15, -0.1) is 0 Å². The number of amides is 1. The van der Waals surface area contributed by atoms with Gasteiger partial charge in [-0.05, 0) is 49.7 Å². The molecule has 0 fully saturated rings. The van der Waals surface area contributed by atoms with Gasteiger partial charge in [-0.1, -0.05) is 30.3 Å². The number of carbonyl (C=O) groups excluding carboxylic acids is 1. The van der Waals surface area contributed by atoms with Crippen LogP contribution >= 0.6 is 0 Å². The van der Waals surface area contributed by atoms with Crippen LogP contribution in [0.3, 0.4) is 0 Å². The zero-order chi connectivity index (χ0) is 21.9. The van der Waals surface area contributed by atoms with Crippen molar-refractivity contribution in [2.75, 3.05) is 6.54 Å². The Kier molecular flexibility index (Phi) is 5.34. The molecular weight excluding hydrogens is 398 g/mol. The monoisotopic (exact) mass is 421 g/mol. The Morgan fingerprint density at radius 3 is 2.53 bits per heavy atom. The standard InChI is InChI=1S/C26H23N5O/c1-18-29-23-9-4-5-10-25(23)31(18)16-6-13-28-26(32)21-17-24(19-11-14-27-15-12-19)30-22-8-3-2-7-20(21)22/h2-5,7-12,14-15,17H,6,13,16H2,1H3,(H,28,32). The third-order valence-corrected chi connectivity index (χ3v) is 5.63. The second-order valence-corrected chi connectivity index (χ2v) is 7.72. The Morgan fingerprint density at radius 1 is 0.938 bits per heavy atom. The Hall–Kier alpha value is -4.06. The average molecular weight is 422 g/mol. The van der Waals surface area contributed by atoms with Gasteiger partial charge in [0.05, 0.1) is 27.8 Å². The van der Waals surface area contributed by atoms with Crippen molar-refractivity contribution < 1.29 is 4.79 Å². The van der Waals surface area contributed by atoms with Crippen molar-refractivity contribution in [1.29, 1.82) is 0 Å². The van der Waals surface area contributed by atoms with Crippen LogP contribution in [0.1, 0.15) is 22.6 Å². The molecule has 0 aliphatic rings. The molecule has 0 saturated carbocycles. The van der Waals surface area contributed by atoms with E-state index in [-0.39, 0.29) is 5.91 Å². The highest BCUT2D eigenvalue weighted by atomic mass is 16.1. The number of fused-ring (bicyclic) bond motifs is 2. The number of nitrogens with zero attached hydrogens (tertiary/aromatic N) is 4. The van der Waals surface area contributed by atoms with Gasteiger partial charge < -0.3 is 9.88 Å². The fourth-order valence-electron chi connectivity index (χ4n) is 4.05. The van der Waals surface area contributed by atoms with E-state index in [2.05, 4.69) is 25.9 Å². The molecular formula is C26H23N5O. The molecule has 0 aliphatic heterocycles. The lowest BCUT2D eigenvalue weighted by molar-refractivity contribution is 0.0954. The van der Waals surface area contributed by atoms with Crippen molar-refractivity contribution in [2.24, 2.45) is 0 Å². The van der Waals surface area contributed by atoms with Gasteiger partial charge in [0, 0.05) is 36.4 Å². The van der Waals surface area contributed by atoms with Gasteiger partial charge in [-0.25, -0.2) is 9.97 Å². The molecule has 158 valence electrons. The number of aryl methyl sites for hydroxylation is 2. The Morgan fingerprint density at radius 2 is 1.69 bits per heavy atom. The summed E-state index contributed by atoms with van der Waals surface area (Å²) >= 11 is 0. The summed E-state index contributed by atoms with van der Waals surface area (Å²) in [6, 6.07) is 21.5. The van der Waals surface area contributed by atoms with E-state index in [1.165, 1.54) is 0 Å². The van der Waals surface area contributed by atoms with Crippen molar-refractivity contribution >= 4 is 27.8 Å². The van der Waals surface area contributed by atoms with Crippen molar-refractivity contribution in [3.8, 4) is 11.3 Å². The minimum absolute atomic E-state index is 0.0916. The third kappa shape index (κ3) is 3.83. The summed E-state index contributed by atoms with van der Waals surface area (Å²) in [6.45, 7) is 3.39. The first-order valence-electron chi connectivity index (χ1n) is 10.7. The maximum atomic E-state index is 13.1. The van der Waals surface area contributed by atoms with Crippen molar-refractivity contribution in [3.05, 3.63) is 90.5 Å². The van der Waals surface area contributed by atoms with Gasteiger partial charge in [-0.3, -0.25) is 9.78 Å². The summed E-state index contributed by atoms with van der Waals surface area (Å²) in [4.78, 5) is 26.5. The maximum absolute atomic E-state index is 13.1. The van der Waals surface area contributed by atoms with E-state index in [1.54, 1.807) is 12.4 Å². The highest BCUT2D eigenvalue weighted by molar-refractivity contribution is 6.07. The summed E-state index contributed by atoms with van der Waals surface area (Å²) in [5, 5.41) is 3.93. The first-order valence-corrected chi connectivity index (χ1v) is 10.7. The van der Waals surface area contributed by atoms with Gasteiger partial charge in [-0.2, -0.15) is 0 Å². The highest BCUT2D eigenvalue weighted by Gasteiger charge is 2.14. The largest absolute Gasteiger partial charge is 0.352 e. The molecule has 0 saturated heterocycles. The molecule has 0 atom stereocenters. The molecule has 0 unspecified atom stereocenters. The summed E-state index contributed by atoms with van der Waals surface area (Å²) in [5.74, 6) is 0.894. The predicted octanol–water partition coefficient (Wildman–Crippen LogP) is 4.78. The van der Waals surface area contributed by atoms with Crippen molar-refractivity contribution in [2.45, 2.75) is 19.9 Å². The van der Waals surface area contributed by atoms with Gasteiger partial charge in [0.15, 0.2) is 0 Å². The molecule has 0 spiro atoms.